The highest BCUT2D eigenvalue weighted by Gasteiger charge is 2.36. The van der Waals surface area contributed by atoms with Crippen molar-refractivity contribution < 1.29 is 24.2 Å². The number of likely N-dealkylation sites (tertiary alicyclic amines) is 1. The molecule has 1 fully saturated rings. The number of halogens is 2. The number of carbonyl (C=O) groups is 2. The molecular formula is C13H11BrFNO4. The van der Waals surface area contributed by atoms with E-state index in [1.54, 1.807) is 12.1 Å². The number of carboxylic acids is 1. The molecule has 1 aliphatic rings. The molecule has 1 aromatic carbocycles. The molecule has 1 saturated heterocycles. The largest absolute Gasteiger partial charge is 0.480 e. The predicted octanol–water partition coefficient (Wildman–Crippen LogP) is 2.81. The molecule has 20 heavy (non-hydrogen) atoms. The van der Waals surface area contributed by atoms with Gasteiger partial charge in [0, 0.05) is 17.4 Å². The molecule has 0 bridgehead atoms. The van der Waals surface area contributed by atoms with Crippen LogP contribution in [0.25, 0.3) is 6.08 Å². The molecule has 0 saturated carbocycles. The van der Waals surface area contributed by atoms with Crippen LogP contribution in [-0.2, 0) is 4.79 Å². The molecular weight excluding hydrogens is 333 g/mol. The number of aliphatic carboxylic acids is 1. The maximum atomic E-state index is 13.3. The van der Waals surface area contributed by atoms with Crippen LogP contribution in [0.2, 0.25) is 0 Å². The minimum absolute atomic E-state index is 0.0143. The molecule has 1 aliphatic heterocycles. The first kappa shape index (κ1) is 14.5. The topological polar surface area (TPSA) is 77.8 Å². The Bertz CT molecular complexity index is 558. The summed E-state index contributed by atoms with van der Waals surface area (Å²) in [6, 6.07) is 3.20. The van der Waals surface area contributed by atoms with Gasteiger partial charge in [0.15, 0.2) is 0 Å². The molecule has 1 atom stereocenters. The molecule has 0 aliphatic carbocycles. The SMILES string of the molecule is O=C(O)[C@@H]1CC(=Cc2cc(F)cc(Br)c2)CN1C(=O)O. The zero-order chi connectivity index (χ0) is 14.9. The Balaban J connectivity index is 2.28. The van der Waals surface area contributed by atoms with Crippen LogP contribution in [0, 0.1) is 5.82 Å². The second-order valence-corrected chi connectivity index (χ2v) is 5.39. The molecule has 0 spiro atoms. The van der Waals surface area contributed by atoms with Gasteiger partial charge in [-0.15, -0.1) is 0 Å². The molecule has 0 radical (unpaired) electrons. The number of nitrogens with zero attached hydrogens (tertiary/aromatic N) is 1. The van der Waals surface area contributed by atoms with Crippen LogP contribution in [0.15, 0.2) is 28.2 Å². The van der Waals surface area contributed by atoms with Gasteiger partial charge in [0.05, 0.1) is 0 Å². The van der Waals surface area contributed by atoms with E-state index in [9.17, 15) is 14.0 Å². The predicted molar refractivity (Wildman–Crippen MR) is 72.8 cm³/mol. The zero-order valence-electron chi connectivity index (χ0n) is 10.2. The van der Waals surface area contributed by atoms with Crippen LogP contribution < -0.4 is 0 Å². The Morgan fingerprint density at radius 1 is 1.35 bits per heavy atom. The second-order valence-electron chi connectivity index (χ2n) is 4.47. The fourth-order valence-corrected chi connectivity index (χ4v) is 2.66. The first-order chi connectivity index (χ1) is 9.36. The summed E-state index contributed by atoms with van der Waals surface area (Å²) < 4.78 is 13.8. The first-order valence-corrected chi connectivity index (χ1v) is 6.54. The minimum Gasteiger partial charge on any atom is -0.480 e. The molecule has 106 valence electrons. The normalized spacial score (nSPS) is 20.4. The van der Waals surface area contributed by atoms with E-state index in [-0.39, 0.29) is 13.0 Å². The van der Waals surface area contributed by atoms with Crippen LogP contribution in [0.5, 0.6) is 0 Å². The third-order valence-electron chi connectivity index (χ3n) is 2.99. The first-order valence-electron chi connectivity index (χ1n) is 5.74. The molecule has 2 rings (SSSR count). The molecule has 2 N–H and O–H groups in total. The highest BCUT2D eigenvalue weighted by Crippen LogP contribution is 2.26. The van der Waals surface area contributed by atoms with Crippen LogP contribution >= 0.6 is 15.9 Å². The Morgan fingerprint density at radius 3 is 2.55 bits per heavy atom. The fourth-order valence-electron chi connectivity index (χ4n) is 2.17. The third-order valence-corrected chi connectivity index (χ3v) is 3.45. The summed E-state index contributed by atoms with van der Waals surface area (Å²) in [6.07, 6.45) is 0.448. The van der Waals surface area contributed by atoms with E-state index >= 15 is 0 Å². The lowest BCUT2D eigenvalue weighted by atomic mass is 10.1. The van der Waals surface area contributed by atoms with Gasteiger partial charge in [0.25, 0.3) is 0 Å². The minimum atomic E-state index is -1.28. The number of hydrogen-bond donors (Lipinski definition) is 2. The van der Waals surface area contributed by atoms with Crippen LogP contribution in [-0.4, -0.2) is 39.8 Å². The van der Waals surface area contributed by atoms with Crippen molar-refractivity contribution in [2.24, 2.45) is 0 Å². The molecule has 1 aromatic rings. The van der Waals surface area contributed by atoms with Crippen molar-refractivity contribution in [3.05, 3.63) is 39.6 Å². The summed E-state index contributed by atoms with van der Waals surface area (Å²) in [6.45, 7) is 0.0143. The van der Waals surface area contributed by atoms with Gasteiger partial charge in [0.2, 0.25) is 0 Å². The van der Waals surface area contributed by atoms with Gasteiger partial charge in [-0.05, 0) is 29.3 Å². The third kappa shape index (κ3) is 3.16. The number of benzene rings is 1. The van der Waals surface area contributed by atoms with Crippen LogP contribution in [0.4, 0.5) is 9.18 Å². The van der Waals surface area contributed by atoms with Crippen molar-refractivity contribution in [3.8, 4) is 0 Å². The van der Waals surface area contributed by atoms with Gasteiger partial charge >= 0.3 is 12.1 Å². The zero-order valence-corrected chi connectivity index (χ0v) is 11.8. The summed E-state index contributed by atoms with van der Waals surface area (Å²) in [5.41, 5.74) is 1.19. The Morgan fingerprint density at radius 2 is 2.05 bits per heavy atom. The summed E-state index contributed by atoms with van der Waals surface area (Å²) in [5.74, 6) is -1.61. The lowest BCUT2D eigenvalue weighted by molar-refractivity contribution is -0.141. The molecule has 0 aromatic heterocycles. The van der Waals surface area contributed by atoms with Crippen molar-refractivity contribution in [1.82, 2.24) is 4.90 Å². The fraction of sp³-hybridized carbons (Fsp3) is 0.231. The Kier molecular flexibility index (Phi) is 4.08. The average Bonchev–Trinajstić information content (AvgIpc) is 2.71. The van der Waals surface area contributed by atoms with E-state index in [1.807, 2.05) is 0 Å². The van der Waals surface area contributed by atoms with E-state index in [0.717, 1.165) is 4.90 Å². The quantitative estimate of drug-likeness (QED) is 0.865. The maximum Gasteiger partial charge on any atom is 0.408 e. The van der Waals surface area contributed by atoms with E-state index < -0.39 is 23.9 Å². The van der Waals surface area contributed by atoms with Crippen LogP contribution in [0.3, 0.4) is 0 Å². The van der Waals surface area contributed by atoms with Gasteiger partial charge < -0.3 is 10.2 Å². The van der Waals surface area contributed by atoms with E-state index in [0.29, 0.717) is 15.6 Å². The van der Waals surface area contributed by atoms with Crippen LogP contribution in [0.1, 0.15) is 12.0 Å². The highest BCUT2D eigenvalue weighted by molar-refractivity contribution is 9.10. The van der Waals surface area contributed by atoms with Gasteiger partial charge in [0.1, 0.15) is 11.9 Å². The standard InChI is InChI=1S/C13H11BrFNO4/c14-9-2-7(3-10(15)5-9)1-8-4-11(12(17)18)16(6-8)13(19)20/h1-3,5,11H,4,6H2,(H,17,18)(H,19,20)/t11-/m0/s1. The average molecular weight is 344 g/mol. The lowest BCUT2D eigenvalue weighted by Gasteiger charge is -2.16. The molecule has 0 unspecified atom stereocenters. The smallest absolute Gasteiger partial charge is 0.408 e. The lowest BCUT2D eigenvalue weighted by Crippen LogP contribution is -2.39. The highest BCUT2D eigenvalue weighted by atomic mass is 79.9. The summed E-state index contributed by atoms with van der Waals surface area (Å²) >= 11 is 3.16. The second kappa shape index (κ2) is 5.62. The number of amides is 1. The van der Waals surface area contributed by atoms with Crippen molar-refractivity contribution >= 4 is 34.1 Å². The number of carboxylic acid groups (broad SMARTS) is 2. The number of rotatable bonds is 2. The monoisotopic (exact) mass is 343 g/mol. The van der Waals surface area contributed by atoms with Crippen molar-refractivity contribution in [2.75, 3.05) is 6.54 Å². The van der Waals surface area contributed by atoms with Gasteiger partial charge in [-0.2, -0.15) is 0 Å². The molecule has 7 heteroatoms. The number of hydrogen-bond acceptors (Lipinski definition) is 2. The van der Waals surface area contributed by atoms with Crippen molar-refractivity contribution in [1.29, 1.82) is 0 Å². The van der Waals surface area contributed by atoms with E-state index in [1.165, 1.54) is 12.1 Å². The van der Waals surface area contributed by atoms with E-state index in [4.69, 9.17) is 10.2 Å². The summed E-state index contributed by atoms with van der Waals surface area (Å²) in [4.78, 5) is 22.9. The Labute approximate surface area is 122 Å². The maximum absolute atomic E-state index is 13.3. The molecule has 5 nitrogen and oxygen atoms in total. The molecule has 1 heterocycles. The van der Waals surface area contributed by atoms with Gasteiger partial charge in [-0.25, -0.2) is 14.0 Å². The van der Waals surface area contributed by atoms with E-state index in [2.05, 4.69) is 15.9 Å². The van der Waals surface area contributed by atoms with Crippen molar-refractivity contribution in [2.45, 2.75) is 12.5 Å². The van der Waals surface area contributed by atoms with Crippen molar-refractivity contribution in [3.63, 3.8) is 0 Å². The summed E-state index contributed by atoms with van der Waals surface area (Å²) in [5, 5.41) is 18.0. The van der Waals surface area contributed by atoms with Gasteiger partial charge in [-0.3, -0.25) is 4.90 Å². The molecule has 1 amide bonds. The van der Waals surface area contributed by atoms with Gasteiger partial charge in [-0.1, -0.05) is 22.0 Å². The summed E-state index contributed by atoms with van der Waals surface area (Å²) in [7, 11) is 0. The Hall–Kier alpha value is -1.89.